The second kappa shape index (κ2) is 5.72. The molecule has 0 radical (unpaired) electrons. The molecule has 2 atom stereocenters. The van der Waals surface area contributed by atoms with Gasteiger partial charge in [0.1, 0.15) is 11.4 Å². The maximum absolute atomic E-state index is 12.7. The summed E-state index contributed by atoms with van der Waals surface area (Å²) in [5, 5.41) is 2.74. The van der Waals surface area contributed by atoms with Crippen molar-refractivity contribution < 1.29 is 22.7 Å². The van der Waals surface area contributed by atoms with Gasteiger partial charge in [-0.2, -0.15) is 13.2 Å². The number of ether oxygens (including phenoxy) is 1. The van der Waals surface area contributed by atoms with Crippen LogP contribution in [0, 0.1) is 12.8 Å². The largest absolute Gasteiger partial charge is 0.493 e. The van der Waals surface area contributed by atoms with Crippen LogP contribution in [0.4, 0.5) is 18.9 Å². The van der Waals surface area contributed by atoms with Gasteiger partial charge in [-0.1, -0.05) is 18.2 Å². The van der Waals surface area contributed by atoms with E-state index in [1.54, 1.807) is 0 Å². The molecule has 7 heteroatoms. The molecule has 1 amide bonds. The molecular weight excluding hydrogens is 345 g/mol. The van der Waals surface area contributed by atoms with Crippen molar-refractivity contribution in [2.24, 2.45) is 5.92 Å². The minimum Gasteiger partial charge on any atom is -0.493 e. The maximum atomic E-state index is 12.7. The summed E-state index contributed by atoms with van der Waals surface area (Å²) < 4.78 is 43.8. The van der Waals surface area contributed by atoms with Crippen LogP contribution in [0.3, 0.4) is 0 Å². The Labute approximate surface area is 148 Å². The smallest absolute Gasteiger partial charge is 0.433 e. The minimum atomic E-state index is -4.50. The van der Waals surface area contributed by atoms with Crippen LogP contribution in [0.1, 0.15) is 29.8 Å². The van der Waals surface area contributed by atoms with Crippen LogP contribution in [-0.4, -0.2) is 17.5 Å². The lowest BCUT2D eigenvalue weighted by Crippen LogP contribution is -2.27. The minimum absolute atomic E-state index is 0.148. The van der Waals surface area contributed by atoms with Crippen molar-refractivity contribution in [3.05, 3.63) is 53.3 Å². The van der Waals surface area contributed by atoms with Crippen LogP contribution in [0.2, 0.25) is 0 Å². The van der Waals surface area contributed by atoms with Crippen molar-refractivity contribution in [3.8, 4) is 5.75 Å². The van der Waals surface area contributed by atoms with Crippen LogP contribution >= 0.6 is 0 Å². The zero-order valence-corrected chi connectivity index (χ0v) is 14.1. The Hall–Kier alpha value is -2.57. The normalized spacial score (nSPS) is 23.9. The Bertz CT molecular complexity index is 881. The van der Waals surface area contributed by atoms with Gasteiger partial charge in [0.2, 0.25) is 5.91 Å². The van der Waals surface area contributed by atoms with E-state index in [4.69, 9.17) is 4.74 Å². The predicted octanol–water partition coefficient (Wildman–Crippen LogP) is 4.09. The average molecular weight is 362 g/mol. The van der Waals surface area contributed by atoms with E-state index in [1.165, 1.54) is 13.0 Å². The van der Waals surface area contributed by atoms with Crippen LogP contribution in [0.25, 0.3) is 0 Å². The van der Waals surface area contributed by atoms with E-state index in [9.17, 15) is 18.0 Å². The van der Waals surface area contributed by atoms with Gasteiger partial charge in [0, 0.05) is 16.9 Å². The number of hydrogen-bond donors (Lipinski definition) is 1. The number of benzene rings is 1. The molecule has 0 saturated heterocycles. The molecule has 1 saturated carbocycles. The summed E-state index contributed by atoms with van der Waals surface area (Å²) in [5.74, 6) is 0.405. The van der Waals surface area contributed by atoms with Crippen molar-refractivity contribution in [3.63, 3.8) is 0 Å². The molecular formula is C19H17F3N2O2. The third kappa shape index (κ3) is 2.71. The summed E-state index contributed by atoms with van der Waals surface area (Å²) in [7, 11) is 0. The number of aryl methyl sites for hydroxylation is 1. The first-order valence-electron chi connectivity index (χ1n) is 8.39. The second-order valence-electron chi connectivity index (χ2n) is 6.82. The summed E-state index contributed by atoms with van der Waals surface area (Å²) in [6.07, 6.45) is -3.03. The number of pyridine rings is 1. The third-order valence-corrected chi connectivity index (χ3v) is 5.26. The van der Waals surface area contributed by atoms with E-state index in [0.29, 0.717) is 18.7 Å². The number of carbonyl (C=O) groups excluding carboxylic acids is 1. The quantitative estimate of drug-likeness (QED) is 0.876. The fourth-order valence-electron chi connectivity index (χ4n) is 3.78. The lowest BCUT2D eigenvalue weighted by atomic mass is 9.87. The second-order valence-corrected chi connectivity index (χ2v) is 6.82. The summed E-state index contributed by atoms with van der Waals surface area (Å²) >= 11 is 0. The number of anilines is 1. The Morgan fingerprint density at radius 2 is 2.04 bits per heavy atom. The Balaban J connectivity index is 1.53. The molecule has 1 aromatic carbocycles. The van der Waals surface area contributed by atoms with E-state index in [0.717, 1.165) is 23.8 Å². The fourth-order valence-corrected chi connectivity index (χ4v) is 3.78. The number of amides is 1. The number of nitrogens with one attached hydrogen (secondary N) is 1. The van der Waals surface area contributed by atoms with Gasteiger partial charge in [-0.25, -0.2) is 4.98 Å². The molecule has 1 N–H and O–H groups in total. The first kappa shape index (κ1) is 16.9. The number of nitrogens with zero attached hydrogens (tertiary/aromatic N) is 1. The molecule has 1 aliphatic heterocycles. The molecule has 1 spiro atoms. The summed E-state index contributed by atoms with van der Waals surface area (Å²) in [5.41, 5.74) is 0.301. The Morgan fingerprint density at radius 1 is 1.27 bits per heavy atom. The number of aromatic nitrogens is 1. The molecule has 2 heterocycles. The van der Waals surface area contributed by atoms with Gasteiger partial charge in [-0.15, -0.1) is 0 Å². The van der Waals surface area contributed by atoms with E-state index in [1.807, 2.05) is 24.3 Å². The van der Waals surface area contributed by atoms with Gasteiger partial charge in [-0.05, 0) is 38.0 Å². The Kier molecular flexibility index (Phi) is 3.71. The van der Waals surface area contributed by atoms with Gasteiger partial charge >= 0.3 is 6.18 Å². The molecule has 0 unspecified atom stereocenters. The van der Waals surface area contributed by atoms with Gasteiger partial charge in [0.05, 0.1) is 18.0 Å². The van der Waals surface area contributed by atoms with Crippen LogP contribution in [0.15, 0.2) is 36.4 Å². The van der Waals surface area contributed by atoms with Crippen LogP contribution < -0.4 is 10.1 Å². The molecule has 1 fully saturated rings. The standard InChI is InChI=1S/C19H17F3N2O2/c1-11-14(6-7-16(23-11)19(20,21)22)24-17(25)13-10-18(13)8-9-26-15-5-3-2-4-12(15)18/h2-7,13H,8-10H2,1H3,(H,24,25)/t13-,18-/m0/s1. The fraction of sp³-hybridized carbons (Fsp3) is 0.368. The van der Waals surface area contributed by atoms with Gasteiger partial charge in [0.15, 0.2) is 0 Å². The number of fused-ring (bicyclic) bond motifs is 2. The first-order chi connectivity index (χ1) is 12.3. The lowest BCUT2D eigenvalue weighted by molar-refractivity contribution is -0.141. The highest BCUT2D eigenvalue weighted by molar-refractivity contribution is 5.96. The molecule has 1 aliphatic carbocycles. The first-order valence-corrected chi connectivity index (χ1v) is 8.39. The molecule has 26 heavy (non-hydrogen) atoms. The summed E-state index contributed by atoms with van der Waals surface area (Å²) in [6, 6.07) is 9.84. The highest BCUT2D eigenvalue weighted by atomic mass is 19.4. The third-order valence-electron chi connectivity index (χ3n) is 5.26. The van der Waals surface area contributed by atoms with E-state index in [-0.39, 0.29) is 22.9 Å². The van der Waals surface area contributed by atoms with Crippen molar-refractivity contribution in [1.29, 1.82) is 0 Å². The van der Waals surface area contributed by atoms with Gasteiger partial charge in [0.25, 0.3) is 0 Å². The molecule has 4 nitrogen and oxygen atoms in total. The zero-order chi connectivity index (χ0) is 18.5. The maximum Gasteiger partial charge on any atom is 0.433 e. The van der Waals surface area contributed by atoms with E-state index in [2.05, 4.69) is 10.3 Å². The molecule has 1 aromatic heterocycles. The number of alkyl halides is 3. The number of rotatable bonds is 2. The summed E-state index contributed by atoms with van der Waals surface area (Å²) in [4.78, 5) is 16.2. The van der Waals surface area contributed by atoms with Gasteiger partial charge in [-0.3, -0.25) is 4.79 Å². The molecule has 0 bridgehead atoms. The molecule has 136 valence electrons. The van der Waals surface area contributed by atoms with Crippen LogP contribution in [0.5, 0.6) is 5.75 Å². The topological polar surface area (TPSA) is 51.2 Å². The van der Waals surface area contributed by atoms with Crippen molar-refractivity contribution in [2.75, 3.05) is 11.9 Å². The van der Waals surface area contributed by atoms with Crippen molar-refractivity contribution >= 4 is 11.6 Å². The highest BCUT2D eigenvalue weighted by Crippen LogP contribution is 2.60. The lowest BCUT2D eigenvalue weighted by Gasteiger charge is -2.26. The Morgan fingerprint density at radius 3 is 2.77 bits per heavy atom. The highest BCUT2D eigenvalue weighted by Gasteiger charge is 2.61. The molecule has 2 aliphatic rings. The molecule has 4 rings (SSSR count). The number of halogens is 3. The monoisotopic (exact) mass is 362 g/mol. The number of hydrogen-bond acceptors (Lipinski definition) is 3. The molecule has 2 aromatic rings. The number of para-hydroxylation sites is 1. The van der Waals surface area contributed by atoms with Crippen molar-refractivity contribution in [2.45, 2.75) is 31.4 Å². The van der Waals surface area contributed by atoms with E-state index >= 15 is 0 Å². The SMILES string of the molecule is Cc1nc(C(F)(F)F)ccc1NC(=O)[C@@H]1C[C@]12CCOc1ccccc12. The predicted molar refractivity (Wildman–Crippen MR) is 88.9 cm³/mol. The summed E-state index contributed by atoms with van der Waals surface area (Å²) in [6.45, 7) is 2.01. The van der Waals surface area contributed by atoms with E-state index < -0.39 is 11.9 Å². The zero-order valence-electron chi connectivity index (χ0n) is 14.1. The van der Waals surface area contributed by atoms with Crippen molar-refractivity contribution in [1.82, 2.24) is 4.98 Å². The van der Waals surface area contributed by atoms with Gasteiger partial charge < -0.3 is 10.1 Å². The van der Waals surface area contributed by atoms with Crippen LogP contribution in [-0.2, 0) is 16.4 Å². The average Bonchev–Trinajstić information content (AvgIpc) is 3.31. The number of carbonyl (C=O) groups is 1.